The number of nitrogens with two attached hydrogens (primary N) is 2. The zero-order chi connectivity index (χ0) is 15.0. The van der Waals surface area contributed by atoms with Gasteiger partial charge in [0.05, 0.1) is 6.61 Å². The van der Waals surface area contributed by atoms with Crippen molar-refractivity contribution in [3.05, 3.63) is 35.9 Å². The van der Waals surface area contributed by atoms with Gasteiger partial charge in [-0.25, -0.2) is 16.2 Å². The van der Waals surface area contributed by atoms with Gasteiger partial charge in [-0.05, 0) is 12.5 Å². The van der Waals surface area contributed by atoms with E-state index in [1.54, 1.807) is 6.92 Å². The fourth-order valence-electron chi connectivity index (χ4n) is 1.82. The van der Waals surface area contributed by atoms with Crippen LogP contribution in [0.2, 0.25) is 0 Å². The first-order valence-corrected chi connectivity index (χ1v) is 6.16. The third kappa shape index (κ3) is 3.46. The third-order valence-corrected chi connectivity index (χ3v) is 2.85. The van der Waals surface area contributed by atoms with Crippen LogP contribution in [0.25, 0.3) is 0 Å². The molecule has 1 unspecified atom stereocenters. The molecule has 0 aromatic heterocycles. The summed E-state index contributed by atoms with van der Waals surface area (Å²) in [4.78, 5) is 12.2. The van der Waals surface area contributed by atoms with E-state index in [2.05, 4.69) is 10.6 Å². The number of rotatable bonds is 7. The third-order valence-electron chi connectivity index (χ3n) is 2.85. The SMILES string of the molecule is CCOC(=O)C(Cc1ccccc1)(OC)/C(N)=N/NN. The van der Waals surface area contributed by atoms with E-state index >= 15 is 0 Å². The molecule has 7 nitrogen and oxygen atoms in total. The van der Waals surface area contributed by atoms with E-state index in [4.69, 9.17) is 21.1 Å². The first-order valence-electron chi connectivity index (χ1n) is 6.16. The quantitative estimate of drug-likeness (QED) is 0.212. The second-order valence-corrected chi connectivity index (χ2v) is 4.04. The molecule has 110 valence electrons. The number of amidine groups is 1. The predicted molar refractivity (Wildman–Crippen MR) is 75.5 cm³/mol. The van der Waals surface area contributed by atoms with Crippen molar-refractivity contribution in [1.82, 2.24) is 5.53 Å². The van der Waals surface area contributed by atoms with Gasteiger partial charge in [0.15, 0.2) is 5.84 Å². The van der Waals surface area contributed by atoms with Crippen molar-refractivity contribution in [2.75, 3.05) is 13.7 Å². The zero-order valence-electron chi connectivity index (χ0n) is 11.6. The van der Waals surface area contributed by atoms with Crippen LogP contribution >= 0.6 is 0 Å². The summed E-state index contributed by atoms with van der Waals surface area (Å²) in [6.45, 7) is 1.91. The van der Waals surface area contributed by atoms with Gasteiger partial charge in [0, 0.05) is 13.5 Å². The lowest BCUT2D eigenvalue weighted by Gasteiger charge is -2.29. The molecule has 0 saturated carbocycles. The molecular weight excluding hydrogens is 260 g/mol. The van der Waals surface area contributed by atoms with E-state index in [1.165, 1.54) is 7.11 Å². The number of hydrazine groups is 1. The minimum absolute atomic E-state index is 0.0928. The Kier molecular flexibility index (Phi) is 5.95. The van der Waals surface area contributed by atoms with Crippen molar-refractivity contribution in [2.24, 2.45) is 16.7 Å². The van der Waals surface area contributed by atoms with Crippen LogP contribution in [0.15, 0.2) is 35.4 Å². The first-order chi connectivity index (χ1) is 9.60. The summed E-state index contributed by atoms with van der Waals surface area (Å²) < 4.78 is 10.4. The van der Waals surface area contributed by atoms with E-state index in [0.717, 1.165) is 5.56 Å². The Labute approximate surface area is 117 Å². The van der Waals surface area contributed by atoms with Gasteiger partial charge in [-0.3, -0.25) is 0 Å². The Morgan fingerprint density at radius 1 is 1.40 bits per heavy atom. The molecule has 1 rings (SSSR count). The number of nitrogens with zero attached hydrogens (tertiary/aromatic N) is 1. The van der Waals surface area contributed by atoms with Crippen LogP contribution in [0.3, 0.4) is 0 Å². The highest BCUT2D eigenvalue weighted by molar-refractivity contribution is 6.08. The van der Waals surface area contributed by atoms with Crippen molar-refractivity contribution in [3.63, 3.8) is 0 Å². The highest BCUT2D eigenvalue weighted by Crippen LogP contribution is 2.20. The Morgan fingerprint density at radius 2 is 2.05 bits per heavy atom. The highest BCUT2D eigenvalue weighted by Gasteiger charge is 2.45. The van der Waals surface area contributed by atoms with E-state index in [-0.39, 0.29) is 18.9 Å². The molecule has 1 aromatic rings. The molecule has 5 N–H and O–H groups in total. The Morgan fingerprint density at radius 3 is 2.55 bits per heavy atom. The lowest BCUT2D eigenvalue weighted by atomic mass is 9.93. The molecule has 0 aliphatic rings. The van der Waals surface area contributed by atoms with Crippen LogP contribution in [0.5, 0.6) is 0 Å². The van der Waals surface area contributed by atoms with Gasteiger partial charge in [-0.15, -0.1) is 5.10 Å². The minimum Gasteiger partial charge on any atom is -0.463 e. The number of benzene rings is 1. The summed E-state index contributed by atoms with van der Waals surface area (Å²) >= 11 is 0. The number of hydrazone groups is 1. The average molecular weight is 280 g/mol. The fourth-order valence-corrected chi connectivity index (χ4v) is 1.82. The molecule has 0 aliphatic carbocycles. The maximum absolute atomic E-state index is 12.2. The molecule has 1 aromatic carbocycles. The normalized spacial score (nSPS) is 14.4. The lowest BCUT2D eigenvalue weighted by Crippen LogP contribution is -2.55. The molecule has 1 atom stereocenters. The van der Waals surface area contributed by atoms with Crippen LogP contribution in [0.1, 0.15) is 12.5 Å². The van der Waals surface area contributed by atoms with Gasteiger partial charge in [-0.1, -0.05) is 30.3 Å². The van der Waals surface area contributed by atoms with Crippen LogP contribution in [0, 0.1) is 0 Å². The topological polar surface area (TPSA) is 112 Å². The Bertz CT molecular complexity index is 464. The van der Waals surface area contributed by atoms with Gasteiger partial charge >= 0.3 is 5.97 Å². The van der Waals surface area contributed by atoms with Crippen molar-refractivity contribution in [2.45, 2.75) is 18.9 Å². The smallest absolute Gasteiger partial charge is 0.346 e. The standard InChI is InChI=1S/C13H20N4O3/c1-3-20-12(18)13(19-2,11(14)16-17-15)9-10-7-5-4-6-8-10/h4-8,17H,3,9,15H2,1-2H3,(H2,14,16). The molecule has 0 bridgehead atoms. The largest absolute Gasteiger partial charge is 0.463 e. The maximum Gasteiger partial charge on any atom is 0.346 e. The Hall–Kier alpha value is -2.12. The van der Waals surface area contributed by atoms with E-state index in [9.17, 15) is 4.79 Å². The van der Waals surface area contributed by atoms with Crippen LogP contribution < -0.4 is 17.1 Å². The van der Waals surface area contributed by atoms with E-state index in [0.29, 0.717) is 0 Å². The lowest BCUT2D eigenvalue weighted by molar-refractivity contribution is -0.160. The van der Waals surface area contributed by atoms with Gasteiger partial charge in [0.2, 0.25) is 5.60 Å². The summed E-state index contributed by atoms with van der Waals surface area (Å²) in [7, 11) is 1.37. The molecule has 0 aliphatic heterocycles. The summed E-state index contributed by atoms with van der Waals surface area (Å²) in [6.07, 6.45) is 0.195. The average Bonchev–Trinajstić information content (AvgIpc) is 2.46. The molecule has 0 radical (unpaired) electrons. The molecular formula is C13H20N4O3. The van der Waals surface area contributed by atoms with Gasteiger partial charge in [0.1, 0.15) is 0 Å². The second-order valence-electron chi connectivity index (χ2n) is 4.04. The number of carbonyl (C=O) groups excluding carboxylic acids is 1. The van der Waals surface area contributed by atoms with Crippen molar-refractivity contribution in [1.29, 1.82) is 0 Å². The minimum atomic E-state index is -1.51. The van der Waals surface area contributed by atoms with E-state index < -0.39 is 11.6 Å². The number of carbonyl (C=O) groups is 1. The first kappa shape index (κ1) is 15.9. The van der Waals surface area contributed by atoms with Crippen LogP contribution in [-0.4, -0.2) is 31.1 Å². The van der Waals surface area contributed by atoms with Gasteiger partial charge in [-0.2, -0.15) is 0 Å². The molecule has 7 heteroatoms. The molecule has 0 heterocycles. The van der Waals surface area contributed by atoms with Gasteiger partial charge in [0.25, 0.3) is 0 Å². The summed E-state index contributed by atoms with van der Waals surface area (Å²) in [5, 5.41) is 3.66. The predicted octanol–water partition coefficient (Wildman–Crippen LogP) is -0.0871. The second kappa shape index (κ2) is 7.46. The summed E-state index contributed by atoms with van der Waals surface area (Å²) in [5.74, 6) is 4.42. The van der Waals surface area contributed by atoms with Crippen LogP contribution in [0.4, 0.5) is 0 Å². The molecule has 20 heavy (non-hydrogen) atoms. The summed E-state index contributed by atoms with van der Waals surface area (Å²) in [5.41, 5.74) is 7.25. The Balaban J connectivity index is 3.17. The number of methoxy groups -OCH3 is 1. The molecule has 0 fully saturated rings. The van der Waals surface area contributed by atoms with Crippen molar-refractivity contribution in [3.8, 4) is 0 Å². The fraction of sp³-hybridized carbons (Fsp3) is 0.385. The van der Waals surface area contributed by atoms with Crippen molar-refractivity contribution < 1.29 is 14.3 Å². The van der Waals surface area contributed by atoms with Crippen molar-refractivity contribution >= 4 is 11.8 Å². The maximum atomic E-state index is 12.2. The number of nitrogens with one attached hydrogen (secondary N) is 1. The zero-order valence-corrected chi connectivity index (χ0v) is 11.6. The molecule has 0 spiro atoms. The number of esters is 1. The number of hydrogen-bond acceptors (Lipinski definition) is 6. The monoisotopic (exact) mass is 280 g/mol. The molecule has 0 saturated heterocycles. The van der Waals surface area contributed by atoms with Crippen LogP contribution in [-0.2, 0) is 20.7 Å². The van der Waals surface area contributed by atoms with E-state index in [1.807, 2.05) is 30.3 Å². The van der Waals surface area contributed by atoms with Gasteiger partial charge < -0.3 is 15.2 Å². The summed E-state index contributed by atoms with van der Waals surface area (Å²) in [6, 6.07) is 9.30. The highest BCUT2D eigenvalue weighted by atomic mass is 16.6. The number of ether oxygens (including phenoxy) is 2. The number of hydrogen-bond donors (Lipinski definition) is 3. The molecule has 0 amide bonds.